The summed E-state index contributed by atoms with van der Waals surface area (Å²) < 4.78 is 7.62. The van der Waals surface area contributed by atoms with Crippen LogP contribution in [0.3, 0.4) is 0 Å². The molecule has 0 aliphatic carbocycles. The first-order valence-corrected chi connectivity index (χ1v) is 8.32. The van der Waals surface area contributed by atoms with Crippen LogP contribution in [0.15, 0.2) is 34.9 Å². The van der Waals surface area contributed by atoms with Gasteiger partial charge in [0.15, 0.2) is 5.82 Å². The average molecular weight is 345 g/mol. The van der Waals surface area contributed by atoms with Crippen molar-refractivity contribution in [3.8, 4) is 17.1 Å². The van der Waals surface area contributed by atoms with Crippen LogP contribution in [0.2, 0.25) is 5.02 Å². The molecule has 1 unspecified atom stereocenters. The van der Waals surface area contributed by atoms with E-state index in [1.54, 1.807) is 0 Å². The Hall–Kier alpha value is -2.11. The predicted octanol–water partition coefficient (Wildman–Crippen LogP) is 3.95. The molecule has 1 atom stereocenters. The van der Waals surface area contributed by atoms with E-state index >= 15 is 0 Å². The van der Waals surface area contributed by atoms with Gasteiger partial charge < -0.3 is 14.4 Å². The summed E-state index contributed by atoms with van der Waals surface area (Å²) in [4.78, 5) is 4.54. The molecule has 1 N–H and O–H groups in total. The van der Waals surface area contributed by atoms with Crippen molar-refractivity contribution in [3.63, 3.8) is 0 Å². The minimum atomic E-state index is 0.300. The van der Waals surface area contributed by atoms with Crippen molar-refractivity contribution in [1.82, 2.24) is 20.0 Å². The van der Waals surface area contributed by atoms with E-state index in [-0.39, 0.29) is 0 Å². The Bertz CT molecular complexity index is 853. The van der Waals surface area contributed by atoms with E-state index in [9.17, 15) is 0 Å². The Morgan fingerprint density at radius 2 is 2.08 bits per heavy atom. The van der Waals surface area contributed by atoms with Crippen molar-refractivity contribution >= 4 is 11.6 Å². The third-order valence-corrected chi connectivity index (χ3v) is 4.41. The molecular weight excluding hydrogens is 324 g/mol. The third-order valence-electron chi connectivity index (χ3n) is 4.18. The summed E-state index contributed by atoms with van der Waals surface area (Å²) in [5.41, 5.74) is 4.11. The van der Waals surface area contributed by atoms with Gasteiger partial charge in [-0.05, 0) is 52.1 Å². The summed E-state index contributed by atoms with van der Waals surface area (Å²) in [6.45, 7) is 6.18. The molecule has 0 spiro atoms. The molecule has 2 aromatic heterocycles. The zero-order valence-corrected chi connectivity index (χ0v) is 15.1. The molecule has 0 amide bonds. The van der Waals surface area contributed by atoms with Crippen LogP contribution in [0.25, 0.3) is 17.1 Å². The molecule has 0 fully saturated rings. The highest BCUT2D eigenvalue weighted by molar-refractivity contribution is 6.30. The first-order valence-electron chi connectivity index (χ1n) is 7.94. The van der Waals surface area contributed by atoms with Crippen molar-refractivity contribution in [1.29, 1.82) is 0 Å². The Labute approximate surface area is 146 Å². The van der Waals surface area contributed by atoms with Gasteiger partial charge in [-0.1, -0.05) is 22.8 Å². The molecule has 6 heteroatoms. The lowest BCUT2D eigenvalue weighted by Crippen LogP contribution is -2.24. The molecule has 126 valence electrons. The maximum Gasteiger partial charge on any atom is 0.259 e. The maximum atomic E-state index is 6.13. The maximum absolute atomic E-state index is 6.13. The second-order valence-corrected chi connectivity index (χ2v) is 6.45. The molecule has 24 heavy (non-hydrogen) atoms. The molecule has 0 saturated carbocycles. The quantitative estimate of drug-likeness (QED) is 0.761. The van der Waals surface area contributed by atoms with Crippen LogP contribution < -0.4 is 5.32 Å². The number of nitrogens with one attached hydrogen (secondary N) is 1. The van der Waals surface area contributed by atoms with Crippen molar-refractivity contribution < 1.29 is 4.52 Å². The van der Waals surface area contributed by atoms with E-state index < -0.39 is 0 Å². The van der Waals surface area contributed by atoms with Gasteiger partial charge in [-0.25, -0.2) is 0 Å². The molecule has 3 aromatic rings. The largest absolute Gasteiger partial charge is 0.334 e. The van der Waals surface area contributed by atoms with Gasteiger partial charge in [0.1, 0.15) is 0 Å². The number of halogens is 1. The number of benzene rings is 1. The molecule has 0 aliphatic rings. The minimum Gasteiger partial charge on any atom is -0.334 e. The summed E-state index contributed by atoms with van der Waals surface area (Å²) in [5.74, 6) is 1.26. The number of likely N-dealkylation sites (N-methyl/N-ethyl adjacent to an activating group) is 1. The van der Waals surface area contributed by atoms with E-state index in [1.165, 1.54) is 0 Å². The van der Waals surface area contributed by atoms with Crippen LogP contribution >= 0.6 is 11.6 Å². The fourth-order valence-electron chi connectivity index (χ4n) is 2.81. The lowest BCUT2D eigenvalue weighted by Gasteiger charge is -2.09. The highest BCUT2D eigenvalue weighted by Crippen LogP contribution is 2.29. The van der Waals surface area contributed by atoms with Gasteiger partial charge in [-0.3, -0.25) is 0 Å². The SMILES string of the molecule is CNC(C)Cc1noc(-c2cc(C)n(-c3cccc(Cl)c3)c2C)n1. The lowest BCUT2D eigenvalue weighted by molar-refractivity contribution is 0.418. The smallest absolute Gasteiger partial charge is 0.259 e. The number of aromatic nitrogens is 3. The van der Waals surface area contributed by atoms with Crippen LogP contribution in [-0.2, 0) is 6.42 Å². The molecule has 0 radical (unpaired) electrons. The van der Waals surface area contributed by atoms with E-state index in [4.69, 9.17) is 16.1 Å². The third kappa shape index (κ3) is 3.23. The number of nitrogens with zero attached hydrogens (tertiary/aromatic N) is 3. The summed E-state index contributed by atoms with van der Waals surface area (Å²) in [6.07, 6.45) is 0.729. The van der Waals surface area contributed by atoms with Gasteiger partial charge >= 0.3 is 0 Å². The van der Waals surface area contributed by atoms with E-state index in [2.05, 4.69) is 39.9 Å². The molecule has 1 aromatic carbocycles. The summed E-state index contributed by atoms with van der Waals surface area (Å²) >= 11 is 6.13. The first kappa shape index (κ1) is 16.7. The Morgan fingerprint density at radius 1 is 1.29 bits per heavy atom. The fraction of sp³-hybridized carbons (Fsp3) is 0.333. The Kier molecular flexibility index (Phi) is 4.73. The molecule has 5 nitrogen and oxygen atoms in total. The molecule has 0 bridgehead atoms. The van der Waals surface area contributed by atoms with Gasteiger partial charge in [0.25, 0.3) is 5.89 Å². The standard InChI is InChI=1S/C18H21ClN4O/c1-11(20-4)8-17-21-18(24-22-17)16-9-12(2)23(13(16)3)15-7-5-6-14(19)10-15/h5-7,9-11,20H,8H2,1-4H3. The number of hydrogen-bond acceptors (Lipinski definition) is 4. The van der Waals surface area contributed by atoms with Gasteiger partial charge in [0.2, 0.25) is 0 Å². The van der Waals surface area contributed by atoms with E-state index in [0.29, 0.717) is 22.8 Å². The Morgan fingerprint density at radius 3 is 2.79 bits per heavy atom. The monoisotopic (exact) mass is 344 g/mol. The van der Waals surface area contributed by atoms with Crippen molar-refractivity contribution in [3.05, 3.63) is 52.6 Å². The van der Waals surface area contributed by atoms with E-state index in [0.717, 1.165) is 29.1 Å². The molecule has 3 rings (SSSR count). The van der Waals surface area contributed by atoms with Crippen LogP contribution in [0.5, 0.6) is 0 Å². The zero-order chi connectivity index (χ0) is 17.3. The molecule has 0 saturated heterocycles. The molecule has 2 heterocycles. The van der Waals surface area contributed by atoms with Gasteiger partial charge in [0.05, 0.1) is 5.56 Å². The van der Waals surface area contributed by atoms with Crippen LogP contribution in [0.4, 0.5) is 0 Å². The highest BCUT2D eigenvalue weighted by atomic mass is 35.5. The second-order valence-electron chi connectivity index (χ2n) is 6.01. The van der Waals surface area contributed by atoms with Crippen molar-refractivity contribution in [2.45, 2.75) is 33.2 Å². The van der Waals surface area contributed by atoms with Gasteiger partial charge in [-0.2, -0.15) is 4.98 Å². The minimum absolute atomic E-state index is 0.300. The molecule has 0 aliphatic heterocycles. The van der Waals surface area contributed by atoms with Crippen molar-refractivity contribution in [2.75, 3.05) is 7.05 Å². The second kappa shape index (κ2) is 6.79. The van der Waals surface area contributed by atoms with Crippen molar-refractivity contribution in [2.24, 2.45) is 0 Å². The number of hydrogen-bond donors (Lipinski definition) is 1. The topological polar surface area (TPSA) is 55.9 Å². The summed E-state index contributed by atoms with van der Waals surface area (Å²) in [6, 6.07) is 10.2. The number of aryl methyl sites for hydroxylation is 1. The van der Waals surface area contributed by atoms with Gasteiger partial charge in [-0.15, -0.1) is 0 Å². The first-order chi connectivity index (χ1) is 11.5. The average Bonchev–Trinajstić information content (AvgIpc) is 3.11. The highest BCUT2D eigenvalue weighted by Gasteiger charge is 2.18. The van der Waals surface area contributed by atoms with Crippen LogP contribution in [0.1, 0.15) is 24.1 Å². The van der Waals surface area contributed by atoms with Crippen LogP contribution in [-0.4, -0.2) is 27.8 Å². The zero-order valence-electron chi connectivity index (χ0n) is 14.3. The fourth-order valence-corrected chi connectivity index (χ4v) is 3.00. The van der Waals surface area contributed by atoms with E-state index in [1.807, 2.05) is 38.2 Å². The summed E-state index contributed by atoms with van der Waals surface area (Å²) in [5, 5.41) is 7.98. The van der Waals surface area contributed by atoms with Crippen LogP contribution in [0, 0.1) is 13.8 Å². The summed E-state index contributed by atoms with van der Waals surface area (Å²) in [7, 11) is 1.92. The molecular formula is C18H21ClN4O. The predicted molar refractivity (Wildman–Crippen MR) is 95.8 cm³/mol. The lowest BCUT2D eigenvalue weighted by atomic mass is 10.2. The Balaban J connectivity index is 1.97. The normalized spacial score (nSPS) is 12.5. The number of rotatable bonds is 5. The van der Waals surface area contributed by atoms with Gasteiger partial charge in [0, 0.05) is 34.6 Å².